The molecule has 5 aliphatic carbocycles. The molecule has 0 radical (unpaired) electrons. The Morgan fingerprint density at radius 2 is 1.88 bits per heavy atom. The van der Waals surface area contributed by atoms with Gasteiger partial charge >= 0.3 is 0 Å². The van der Waals surface area contributed by atoms with Gasteiger partial charge in [0.2, 0.25) is 0 Å². The summed E-state index contributed by atoms with van der Waals surface area (Å²) in [6.45, 7) is 4.19. The minimum Gasteiger partial charge on any atom is -0.508 e. The molecule has 7 rings (SSSR count). The van der Waals surface area contributed by atoms with E-state index in [0.717, 1.165) is 72.8 Å². The van der Waals surface area contributed by atoms with Crippen LogP contribution in [0.5, 0.6) is 17.2 Å². The van der Waals surface area contributed by atoms with E-state index in [1.165, 1.54) is 5.57 Å². The highest BCUT2D eigenvalue weighted by Gasteiger charge is 2.53. The van der Waals surface area contributed by atoms with Crippen molar-refractivity contribution in [2.75, 3.05) is 13.7 Å². The van der Waals surface area contributed by atoms with Crippen LogP contribution in [0.1, 0.15) is 112 Å². The van der Waals surface area contributed by atoms with Gasteiger partial charge in [-0.2, -0.15) is 0 Å². The molecule has 0 amide bonds. The molecule has 7 N–H and O–H groups in total. The van der Waals surface area contributed by atoms with Gasteiger partial charge in [-0.15, -0.1) is 0 Å². The zero-order valence-corrected chi connectivity index (χ0v) is 33.1. The third-order valence-electron chi connectivity index (χ3n) is 13.1. The van der Waals surface area contributed by atoms with Gasteiger partial charge in [0.15, 0.2) is 23.2 Å². The van der Waals surface area contributed by atoms with Crippen LogP contribution < -0.4 is 16.2 Å². The number of nitrogens with zero attached hydrogens (tertiary/aromatic N) is 1. The van der Waals surface area contributed by atoms with Gasteiger partial charge < -0.3 is 36.3 Å². The van der Waals surface area contributed by atoms with Gasteiger partial charge in [0.1, 0.15) is 5.75 Å². The van der Waals surface area contributed by atoms with Crippen LogP contribution in [0.15, 0.2) is 70.8 Å². The number of guanidine groups is 1. The van der Waals surface area contributed by atoms with Crippen molar-refractivity contribution in [2.24, 2.45) is 46.0 Å². The Kier molecular flexibility index (Phi) is 12.3. The number of rotatable bonds is 12. The topological polar surface area (TPSA) is 161 Å². The van der Waals surface area contributed by atoms with Crippen LogP contribution in [0, 0.1) is 41.4 Å². The molecule has 0 saturated heterocycles. The number of phenolic OH excluding ortho intramolecular Hbond substituents is 2. The van der Waals surface area contributed by atoms with Crippen LogP contribution in [0.25, 0.3) is 0 Å². The second-order valence-corrected chi connectivity index (χ2v) is 16.8. The number of allylic oxidation sites excluding steroid dienone is 3. The average molecular weight is 762 g/mol. The average Bonchev–Trinajstić information content (AvgIpc) is 3.69. The van der Waals surface area contributed by atoms with Gasteiger partial charge in [0.25, 0.3) is 0 Å². The van der Waals surface area contributed by atoms with Crippen LogP contribution in [-0.2, 0) is 16.0 Å². The largest absolute Gasteiger partial charge is 0.508 e. The quantitative estimate of drug-likeness (QED) is 0.0495. The van der Waals surface area contributed by atoms with E-state index in [1.54, 1.807) is 19.3 Å². The number of benzene rings is 2. The smallest absolute Gasteiger partial charge is 0.186 e. The second-order valence-electron chi connectivity index (χ2n) is 16.8. The molecular formula is C47H59N3O6. The summed E-state index contributed by atoms with van der Waals surface area (Å²) in [5.41, 5.74) is 17.7. The predicted molar refractivity (Wildman–Crippen MR) is 219 cm³/mol. The van der Waals surface area contributed by atoms with Crippen molar-refractivity contribution in [1.29, 1.82) is 0 Å². The standard InChI is InChI=1S/C47H59N3O6/c1-4-9-28(26-51)22-32(53)17-16-30-24-42(56-33-12-5-6-13-33)46(54)45-34(30)14-8-15-40(50-47(48)49)35-18-19-41(55-3)43-39(35)25-37-36(29-10-7-11-31(52)23-29)20-27(2)21-38(37)44(43)45/h7,10-11,18-19,22-25,27,33,35-36,38-41,43-44,51-52,54H,4-6,9,12-13,15-17,20-21,26H2,1-3H3,(H4,48,49,50). The summed E-state index contributed by atoms with van der Waals surface area (Å²) in [6.07, 6.45) is 16.5. The van der Waals surface area contributed by atoms with Gasteiger partial charge in [-0.1, -0.05) is 68.0 Å². The van der Waals surface area contributed by atoms with Gasteiger partial charge in [-0.05, 0) is 110 Å². The molecule has 0 spiro atoms. The Morgan fingerprint density at radius 1 is 1.07 bits per heavy atom. The number of aliphatic imine (C=N–C) groups is 1. The monoisotopic (exact) mass is 761 g/mol. The van der Waals surface area contributed by atoms with Gasteiger partial charge in [-0.3, -0.25) is 4.79 Å². The number of ketones is 1. The van der Waals surface area contributed by atoms with E-state index < -0.39 is 0 Å². The first kappa shape index (κ1) is 39.7. The number of hydrogen-bond acceptors (Lipinski definition) is 7. The van der Waals surface area contributed by atoms with Gasteiger partial charge in [0, 0.05) is 54.7 Å². The predicted octanol–water partition coefficient (Wildman–Crippen LogP) is 7.32. The summed E-state index contributed by atoms with van der Waals surface area (Å²) < 4.78 is 13.1. The number of hydrogen-bond donors (Lipinski definition) is 5. The van der Waals surface area contributed by atoms with E-state index in [2.05, 4.69) is 43.1 Å². The molecule has 0 aromatic heterocycles. The summed E-state index contributed by atoms with van der Waals surface area (Å²) in [5, 5.41) is 33.3. The summed E-state index contributed by atoms with van der Waals surface area (Å²) in [5.74, 6) is 7.73. The third-order valence-corrected chi connectivity index (χ3v) is 13.1. The highest BCUT2D eigenvalue weighted by atomic mass is 16.5. The normalized spacial score (nSPS) is 29.6. The summed E-state index contributed by atoms with van der Waals surface area (Å²) >= 11 is 0. The van der Waals surface area contributed by atoms with Crippen LogP contribution in [0.4, 0.5) is 0 Å². The van der Waals surface area contributed by atoms with E-state index in [-0.39, 0.29) is 90.0 Å². The molecule has 9 heteroatoms. The molecule has 2 fully saturated rings. The van der Waals surface area contributed by atoms with E-state index in [0.29, 0.717) is 30.9 Å². The first-order chi connectivity index (χ1) is 27.1. The van der Waals surface area contributed by atoms with Crippen LogP contribution >= 0.6 is 0 Å². The number of aryl methyl sites for hydroxylation is 1. The molecule has 0 heterocycles. The Balaban J connectivity index is 1.47. The molecule has 9 unspecified atom stereocenters. The van der Waals surface area contributed by atoms with Crippen molar-refractivity contribution >= 4 is 11.7 Å². The number of carbonyl (C=O) groups is 1. The number of phenols is 2. The molecule has 2 aromatic rings. The Morgan fingerprint density at radius 3 is 2.59 bits per heavy atom. The first-order valence-electron chi connectivity index (χ1n) is 20.8. The van der Waals surface area contributed by atoms with Crippen molar-refractivity contribution in [3.05, 3.63) is 88.0 Å². The molecule has 298 valence electrons. The van der Waals surface area contributed by atoms with Crippen molar-refractivity contribution in [1.82, 2.24) is 0 Å². The fourth-order valence-electron chi connectivity index (χ4n) is 10.7. The molecule has 5 aliphatic rings. The SMILES string of the molecule is CCCC(=CC(=O)CCc1cc(OC2CCCC2)c(O)c2c1C#CCC(N=C(N)N)C1C=CC(OC)C3C1C=C1C(c4cccc(O)c4)CC(C)CC1C23)CO. The fraction of sp³-hybridized carbons (Fsp3) is 0.532. The van der Waals surface area contributed by atoms with E-state index in [1.807, 2.05) is 25.1 Å². The maximum Gasteiger partial charge on any atom is 0.186 e. The maximum atomic E-state index is 13.5. The number of fused-ring (bicyclic) bond motifs is 4. The third kappa shape index (κ3) is 8.15. The van der Waals surface area contributed by atoms with Crippen LogP contribution in [0.2, 0.25) is 0 Å². The Labute approximate surface area is 332 Å². The van der Waals surface area contributed by atoms with E-state index in [4.69, 9.17) is 25.9 Å². The van der Waals surface area contributed by atoms with Crippen molar-refractivity contribution in [2.45, 2.75) is 115 Å². The molecule has 9 atom stereocenters. The Bertz CT molecular complexity index is 1960. The first-order valence-corrected chi connectivity index (χ1v) is 20.8. The summed E-state index contributed by atoms with van der Waals surface area (Å²) in [7, 11) is 1.76. The zero-order valence-electron chi connectivity index (χ0n) is 33.1. The minimum absolute atomic E-state index is 0.00315. The maximum absolute atomic E-state index is 13.5. The molecule has 56 heavy (non-hydrogen) atoms. The van der Waals surface area contributed by atoms with Gasteiger partial charge in [0.05, 0.1) is 24.9 Å². The molecule has 0 aliphatic heterocycles. The van der Waals surface area contributed by atoms with Crippen molar-refractivity contribution in [3.8, 4) is 29.1 Å². The number of methoxy groups -OCH3 is 1. The molecule has 2 saturated carbocycles. The molecule has 4 bridgehead atoms. The molecule has 2 aromatic carbocycles. The van der Waals surface area contributed by atoms with Crippen LogP contribution in [0.3, 0.4) is 0 Å². The number of carbonyl (C=O) groups excluding carboxylic acids is 1. The lowest BCUT2D eigenvalue weighted by Gasteiger charge is -2.53. The second kappa shape index (κ2) is 17.3. The number of aromatic hydroxyl groups is 2. The lowest BCUT2D eigenvalue weighted by atomic mass is 9.51. The van der Waals surface area contributed by atoms with Gasteiger partial charge in [-0.25, -0.2) is 4.99 Å². The van der Waals surface area contributed by atoms with Crippen molar-refractivity contribution in [3.63, 3.8) is 0 Å². The summed E-state index contributed by atoms with van der Waals surface area (Å²) in [6, 6.07) is 9.23. The number of ether oxygens (including phenoxy) is 2. The number of aliphatic hydroxyl groups excluding tert-OH is 1. The molecular weight excluding hydrogens is 703 g/mol. The fourth-order valence-corrected chi connectivity index (χ4v) is 10.7. The van der Waals surface area contributed by atoms with E-state index >= 15 is 0 Å². The zero-order chi connectivity index (χ0) is 39.5. The van der Waals surface area contributed by atoms with E-state index in [9.17, 15) is 20.1 Å². The number of nitrogens with two attached hydrogens (primary N) is 2. The molecule has 9 nitrogen and oxygen atoms in total. The highest BCUT2D eigenvalue weighted by Crippen LogP contribution is 2.61. The van der Waals surface area contributed by atoms with Crippen molar-refractivity contribution < 1.29 is 29.6 Å². The lowest BCUT2D eigenvalue weighted by molar-refractivity contribution is -0.114. The van der Waals surface area contributed by atoms with Crippen LogP contribution in [-0.4, -0.2) is 59.0 Å². The Hall–Kier alpha value is -4.52. The number of aliphatic hydroxyl groups is 1. The highest BCUT2D eigenvalue weighted by molar-refractivity contribution is 5.90. The minimum atomic E-state index is -0.324. The summed E-state index contributed by atoms with van der Waals surface area (Å²) in [4.78, 5) is 18.2. The lowest BCUT2D eigenvalue weighted by Crippen LogP contribution is -2.49.